The van der Waals surface area contributed by atoms with Crippen molar-refractivity contribution < 1.29 is 41.9 Å². The van der Waals surface area contributed by atoms with Crippen LogP contribution in [0.3, 0.4) is 0 Å². The van der Waals surface area contributed by atoms with Gasteiger partial charge in [0, 0.05) is 46.3 Å². The summed E-state index contributed by atoms with van der Waals surface area (Å²) >= 11 is 0. The summed E-state index contributed by atoms with van der Waals surface area (Å²) in [6, 6.07) is 58.7. The SMILES string of the molecule is [Cl-].[Cl-].[Cu+2].c1ccc(-c2ccnc3c2ccc2c(-c4ccccc4)ccnc23)cc1.c1ccc(-c2ccnc3c2ccc2c(-c4ccccc4)ccnc23)cc1. The van der Waals surface area contributed by atoms with Gasteiger partial charge in [-0.15, -0.1) is 0 Å². The first kappa shape index (κ1) is 38.8. The van der Waals surface area contributed by atoms with Gasteiger partial charge in [0.05, 0.1) is 22.1 Å². The molecule has 10 rings (SSSR count). The maximum atomic E-state index is 4.67. The van der Waals surface area contributed by atoms with Gasteiger partial charge in [-0.2, -0.15) is 0 Å². The molecule has 0 amide bonds. The van der Waals surface area contributed by atoms with Gasteiger partial charge in [0.2, 0.25) is 0 Å². The first-order valence-corrected chi connectivity index (χ1v) is 17.4. The second-order valence-electron chi connectivity index (χ2n) is 12.6. The largest absolute Gasteiger partial charge is 2.00 e. The van der Waals surface area contributed by atoms with Crippen LogP contribution in [0.2, 0.25) is 0 Å². The fraction of sp³-hybridized carbons (Fsp3) is 0. The zero-order valence-corrected chi connectivity index (χ0v) is 31.8. The minimum atomic E-state index is 0. The van der Waals surface area contributed by atoms with Crippen molar-refractivity contribution in [1.29, 1.82) is 0 Å². The summed E-state index contributed by atoms with van der Waals surface area (Å²) in [5.74, 6) is 0. The van der Waals surface area contributed by atoms with Crippen molar-refractivity contribution in [2.24, 2.45) is 0 Å². The van der Waals surface area contributed by atoms with Gasteiger partial charge in [0.1, 0.15) is 0 Å². The average molecular weight is 799 g/mol. The first-order valence-electron chi connectivity index (χ1n) is 17.4. The molecule has 55 heavy (non-hydrogen) atoms. The number of benzene rings is 6. The van der Waals surface area contributed by atoms with Crippen LogP contribution in [0, 0.1) is 0 Å². The van der Waals surface area contributed by atoms with Gasteiger partial charge in [-0.3, -0.25) is 19.9 Å². The maximum absolute atomic E-state index is 4.67. The predicted octanol–water partition coefficient (Wildman–Crippen LogP) is 6.24. The molecule has 0 bridgehead atoms. The third-order valence-electron chi connectivity index (χ3n) is 9.58. The van der Waals surface area contributed by atoms with E-state index in [2.05, 4.69) is 166 Å². The molecule has 0 aliphatic rings. The van der Waals surface area contributed by atoms with Crippen molar-refractivity contribution >= 4 is 43.6 Å². The molecule has 7 heteroatoms. The van der Waals surface area contributed by atoms with Crippen LogP contribution in [0.4, 0.5) is 0 Å². The molecule has 0 unspecified atom stereocenters. The molecule has 269 valence electrons. The Morgan fingerprint density at radius 1 is 0.236 bits per heavy atom. The van der Waals surface area contributed by atoms with Crippen LogP contribution in [0.5, 0.6) is 0 Å². The summed E-state index contributed by atoms with van der Waals surface area (Å²) in [6.45, 7) is 0. The van der Waals surface area contributed by atoms with Crippen molar-refractivity contribution in [2.75, 3.05) is 0 Å². The molecular weight excluding hydrogens is 767 g/mol. The Bertz CT molecular complexity index is 2450. The monoisotopic (exact) mass is 797 g/mol. The van der Waals surface area contributed by atoms with Crippen molar-refractivity contribution in [3.05, 3.63) is 195 Å². The topological polar surface area (TPSA) is 51.6 Å². The van der Waals surface area contributed by atoms with E-state index < -0.39 is 0 Å². The number of hydrogen-bond acceptors (Lipinski definition) is 4. The normalized spacial score (nSPS) is 10.5. The average Bonchev–Trinajstić information content (AvgIpc) is 3.24. The third-order valence-corrected chi connectivity index (χ3v) is 9.58. The van der Waals surface area contributed by atoms with E-state index >= 15 is 0 Å². The molecule has 0 saturated carbocycles. The standard InChI is InChI=1S/2C24H16N2.2ClH.Cu/c2*1-3-7-17(8-4-1)19-13-15-25-23-21(19)11-12-22-20(14-16-26-24(22)23)18-9-5-2-6-10-18;;;/h2*1-16H;2*1H;/q;;;;+2/p-2. The number of pyridine rings is 4. The quantitative estimate of drug-likeness (QED) is 0.157. The van der Waals surface area contributed by atoms with E-state index in [0.29, 0.717) is 0 Å². The summed E-state index contributed by atoms with van der Waals surface area (Å²) in [6.07, 6.45) is 7.50. The second-order valence-corrected chi connectivity index (χ2v) is 12.6. The van der Waals surface area contributed by atoms with Crippen LogP contribution < -0.4 is 24.8 Å². The van der Waals surface area contributed by atoms with E-state index in [-0.39, 0.29) is 41.9 Å². The van der Waals surface area contributed by atoms with Crippen molar-refractivity contribution in [1.82, 2.24) is 19.9 Å². The van der Waals surface area contributed by atoms with Crippen LogP contribution in [0.1, 0.15) is 0 Å². The van der Waals surface area contributed by atoms with Gasteiger partial charge in [0.15, 0.2) is 0 Å². The molecule has 0 aliphatic heterocycles. The number of nitrogens with zero attached hydrogens (tertiary/aromatic N) is 4. The number of aromatic nitrogens is 4. The number of hydrogen-bond donors (Lipinski definition) is 0. The van der Waals surface area contributed by atoms with E-state index in [1.165, 1.54) is 44.5 Å². The van der Waals surface area contributed by atoms with Gasteiger partial charge in [0.25, 0.3) is 0 Å². The molecule has 0 spiro atoms. The molecule has 0 saturated heterocycles. The Balaban J connectivity index is 0.000000177. The summed E-state index contributed by atoms with van der Waals surface area (Å²) < 4.78 is 0. The van der Waals surface area contributed by atoms with E-state index in [1.807, 2.05) is 49.1 Å². The number of halogens is 2. The van der Waals surface area contributed by atoms with Gasteiger partial charge in [-0.25, -0.2) is 0 Å². The van der Waals surface area contributed by atoms with E-state index in [1.54, 1.807) is 0 Å². The minimum absolute atomic E-state index is 0. The van der Waals surface area contributed by atoms with Gasteiger partial charge < -0.3 is 24.8 Å². The second kappa shape index (κ2) is 17.5. The number of rotatable bonds is 4. The smallest absolute Gasteiger partial charge is 1.00 e. The Labute approximate surface area is 342 Å². The van der Waals surface area contributed by atoms with Crippen molar-refractivity contribution in [2.45, 2.75) is 0 Å². The molecule has 0 N–H and O–H groups in total. The molecule has 1 radical (unpaired) electrons. The zero-order valence-electron chi connectivity index (χ0n) is 29.3. The predicted molar refractivity (Wildman–Crippen MR) is 216 cm³/mol. The van der Waals surface area contributed by atoms with Crippen LogP contribution >= 0.6 is 0 Å². The molecule has 10 aromatic rings. The molecular formula is C48H32Cl2CuN4. The molecule has 4 aromatic heterocycles. The molecule has 0 atom stereocenters. The van der Waals surface area contributed by atoms with Crippen LogP contribution in [0.15, 0.2) is 195 Å². The summed E-state index contributed by atoms with van der Waals surface area (Å²) in [5.41, 5.74) is 13.3. The maximum Gasteiger partial charge on any atom is 2.00 e. The number of fused-ring (bicyclic) bond motifs is 6. The first-order chi connectivity index (χ1) is 25.8. The molecule has 4 heterocycles. The molecule has 6 aromatic carbocycles. The summed E-state index contributed by atoms with van der Waals surface area (Å²) in [7, 11) is 0. The van der Waals surface area contributed by atoms with Crippen molar-refractivity contribution in [3.63, 3.8) is 0 Å². The molecule has 4 nitrogen and oxygen atoms in total. The van der Waals surface area contributed by atoms with Crippen LogP contribution in [-0.4, -0.2) is 19.9 Å². The summed E-state index contributed by atoms with van der Waals surface area (Å²) in [5, 5.41) is 4.51. The van der Waals surface area contributed by atoms with Crippen LogP contribution in [-0.2, 0) is 17.1 Å². The Morgan fingerprint density at radius 2 is 0.436 bits per heavy atom. The molecule has 0 fully saturated rings. The van der Waals surface area contributed by atoms with E-state index in [0.717, 1.165) is 43.6 Å². The zero-order chi connectivity index (χ0) is 34.7. The Hall–Kier alpha value is -5.94. The molecule has 0 aliphatic carbocycles. The summed E-state index contributed by atoms with van der Waals surface area (Å²) in [4.78, 5) is 18.7. The fourth-order valence-corrected chi connectivity index (χ4v) is 7.13. The van der Waals surface area contributed by atoms with Crippen molar-refractivity contribution in [3.8, 4) is 44.5 Å². The minimum Gasteiger partial charge on any atom is -1.00 e. The van der Waals surface area contributed by atoms with E-state index in [4.69, 9.17) is 0 Å². The fourth-order valence-electron chi connectivity index (χ4n) is 7.13. The van der Waals surface area contributed by atoms with E-state index in [9.17, 15) is 0 Å². The van der Waals surface area contributed by atoms with Gasteiger partial charge in [-0.05, 0) is 68.8 Å². The van der Waals surface area contributed by atoms with Crippen LogP contribution in [0.25, 0.3) is 88.1 Å². The Kier molecular flexibility index (Phi) is 12.3. The third kappa shape index (κ3) is 7.57. The Morgan fingerprint density at radius 3 is 0.636 bits per heavy atom. The van der Waals surface area contributed by atoms with Gasteiger partial charge >= 0.3 is 17.1 Å². The van der Waals surface area contributed by atoms with Gasteiger partial charge in [-0.1, -0.05) is 146 Å².